The van der Waals surface area contributed by atoms with E-state index >= 15 is 0 Å². The van der Waals surface area contributed by atoms with Crippen LogP contribution in [0.2, 0.25) is 0 Å². The molecule has 4 heteroatoms. The zero-order valence-corrected chi connectivity index (χ0v) is 9.40. The van der Waals surface area contributed by atoms with Crippen LogP contribution in [0.25, 0.3) is 0 Å². The Kier molecular flexibility index (Phi) is 3.23. The molecule has 0 aromatic heterocycles. The summed E-state index contributed by atoms with van der Waals surface area (Å²) >= 11 is 0. The van der Waals surface area contributed by atoms with Crippen molar-refractivity contribution < 1.29 is 9.59 Å². The van der Waals surface area contributed by atoms with Gasteiger partial charge in [0.2, 0.25) is 5.91 Å². The highest BCUT2D eigenvalue weighted by Gasteiger charge is 2.25. The number of amides is 2. The minimum absolute atomic E-state index is 0.189. The third-order valence-corrected chi connectivity index (χ3v) is 2.69. The van der Waals surface area contributed by atoms with E-state index in [9.17, 15) is 9.59 Å². The molecule has 0 aliphatic carbocycles. The van der Waals surface area contributed by atoms with Crippen molar-refractivity contribution in [2.24, 2.45) is 0 Å². The maximum absolute atomic E-state index is 11.8. The van der Waals surface area contributed by atoms with Crippen LogP contribution in [-0.2, 0) is 4.79 Å². The van der Waals surface area contributed by atoms with Gasteiger partial charge in [0.05, 0.1) is 0 Å². The van der Waals surface area contributed by atoms with Crippen molar-refractivity contribution >= 4 is 11.8 Å². The SMILES string of the molecule is C=C1CCC(NC(=O)c2ccccc2)C(=O)N1. The molecule has 1 saturated heterocycles. The first-order valence-electron chi connectivity index (χ1n) is 5.51. The van der Waals surface area contributed by atoms with Crippen LogP contribution < -0.4 is 10.6 Å². The van der Waals surface area contributed by atoms with Gasteiger partial charge in [0.1, 0.15) is 6.04 Å². The van der Waals surface area contributed by atoms with Crippen LogP contribution in [0.4, 0.5) is 0 Å². The van der Waals surface area contributed by atoms with Crippen molar-refractivity contribution in [1.82, 2.24) is 10.6 Å². The van der Waals surface area contributed by atoms with Gasteiger partial charge in [-0.3, -0.25) is 9.59 Å². The standard InChI is InChI=1S/C13H14N2O2/c1-9-7-8-11(13(17)14-9)15-12(16)10-5-3-2-4-6-10/h2-6,11H,1,7-8H2,(H,14,17)(H,15,16). The van der Waals surface area contributed by atoms with Crippen molar-refractivity contribution in [1.29, 1.82) is 0 Å². The van der Waals surface area contributed by atoms with Gasteiger partial charge in [0.25, 0.3) is 5.91 Å². The van der Waals surface area contributed by atoms with E-state index in [0.29, 0.717) is 24.1 Å². The third kappa shape index (κ3) is 2.72. The van der Waals surface area contributed by atoms with Gasteiger partial charge in [-0.05, 0) is 25.0 Å². The van der Waals surface area contributed by atoms with Crippen molar-refractivity contribution in [2.75, 3.05) is 0 Å². The Morgan fingerprint density at radius 2 is 2.06 bits per heavy atom. The van der Waals surface area contributed by atoms with E-state index in [1.807, 2.05) is 6.07 Å². The molecule has 2 amide bonds. The zero-order chi connectivity index (χ0) is 12.3. The summed E-state index contributed by atoms with van der Waals surface area (Å²) in [7, 11) is 0. The molecular formula is C13H14N2O2. The number of hydrogen-bond acceptors (Lipinski definition) is 2. The number of rotatable bonds is 2. The summed E-state index contributed by atoms with van der Waals surface area (Å²) in [4.78, 5) is 23.4. The zero-order valence-electron chi connectivity index (χ0n) is 9.40. The average molecular weight is 230 g/mol. The highest BCUT2D eigenvalue weighted by molar-refractivity contribution is 5.97. The lowest BCUT2D eigenvalue weighted by Crippen LogP contribution is -2.49. The van der Waals surface area contributed by atoms with Gasteiger partial charge >= 0.3 is 0 Å². The van der Waals surface area contributed by atoms with Crippen LogP contribution in [-0.4, -0.2) is 17.9 Å². The lowest BCUT2D eigenvalue weighted by atomic mass is 10.0. The number of benzene rings is 1. The fourth-order valence-electron chi connectivity index (χ4n) is 1.74. The fraction of sp³-hybridized carbons (Fsp3) is 0.231. The number of carbonyl (C=O) groups is 2. The monoisotopic (exact) mass is 230 g/mol. The molecule has 0 saturated carbocycles. The van der Waals surface area contributed by atoms with Gasteiger partial charge in [-0.2, -0.15) is 0 Å². The molecule has 88 valence electrons. The Balaban J connectivity index is 2.00. The largest absolute Gasteiger partial charge is 0.340 e. The van der Waals surface area contributed by atoms with Crippen molar-refractivity contribution in [3.63, 3.8) is 0 Å². The molecule has 4 nitrogen and oxygen atoms in total. The van der Waals surface area contributed by atoms with Crippen molar-refractivity contribution in [3.05, 3.63) is 48.2 Å². The van der Waals surface area contributed by atoms with E-state index in [0.717, 1.165) is 0 Å². The van der Waals surface area contributed by atoms with E-state index in [2.05, 4.69) is 17.2 Å². The van der Waals surface area contributed by atoms with E-state index in [-0.39, 0.29) is 11.8 Å². The molecule has 0 bridgehead atoms. The molecule has 0 spiro atoms. The first kappa shape index (κ1) is 11.4. The van der Waals surface area contributed by atoms with E-state index in [4.69, 9.17) is 0 Å². The maximum Gasteiger partial charge on any atom is 0.251 e. The van der Waals surface area contributed by atoms with Crippen molar-refractivity contribution in [3.8, 4) is 0 Å². The smallest absolute Gasteiger partial charge is 0.251 e. The minimum Gasteiger partial charge on any atom is -0.340 e. The van der Waals surface area contributed by atoms with Crippen LogP contribution in [0.3, 0.4) is 0 Å². The normalized spacial score (nSPS) is 19.6. The number of allylic oxidation sites excluding steroid dienone is 1. The number of piperidine rings is 1. The number of hydrogen-bond donors (Lipinski definition) is 2. The summed E-state index contributed by atoms with van der Waals surface area (Å²) < 4.78 is 0. The molecule has 1 aliphatic rings. The van der Waals surface area contributed by atoms with Crippen LogP contribution >= 0.6 is 0 Å². The summed E-state index contributed by atoms with van der Waals surface area (Å²) in [5.41, 5.74) is 1.27. The second-order valence-electron chi connectivity index (χ2n) is 4.02. The van der Waals surface area contributed by atoms with Crippen LogP contribution in [0.15, 0.2) is 42.6 Å². The van der Waals surface area contributed by atoms with Gasteiger partial charge < -0.3 is 10.6 Å². The van der Waals surface area contributed by atoms with Gasteiger partial charge in [0, 0.05) is 11.3 Å². The predicted molar refractivity (Wildman–Crippen MR) is 64.2 cm³/mol. The van der Waals surface area contributed by atoms with E-state index in [1.165, 1.54) is 0 Å². The summed E-state index contributed by atoms with van der Waals surface area (Å²) in [5, 5.41) is 5.35. The van der Waals surface area contributed by atoms with Gasteiger partial charge in [-0.25, -0.2) is 0 Å². The van der Waals surface area contributed by atoms with Crippen molar-refractivity contribution in [2.45, 2.75) is 18.9 Å². The van der Waals surface area contributed by atoms with Crippen LogP contribution in [0, 0.1) is 0 Å². The Morgan fingerprint density at radius 3 is 2.71 bits per heavy atom. The van der Waals surface area contributed by atoms with Gasteiger partial charge in [-0.15, -0.1) is 0 Å². The quantitative estimate of drug-likeness (QED) is 0.802. The first-order valence-corrected chi connectivity index (χ1v) is 5.51. The third-order valence-electron chi connectivity index (χ3n) is 2.69. The molecule has 1 unspecified atom stereocenters. The Hall–Kier alpha value is -2.10. The number of carbonyl (C=O) groups excluding carboxylic acids is 2. The van der Waals surface area contributed by atoms with Gasteiger partial charge in [0.15, 0.2) is 0 Å². The average Bonchev–Trinajstić information content (AvgIpc) is 2.34. The minimum atomic E-state index is -0.465. The molecule has 1 fully saturated rings. The molecule has 17 heavy (non-hydrogen) atoms. The Labute approximate surface area is 99.7 Å². The second kappa shape index (κ2) is 4.82. The predicted octanol–water partition coefficient (Wildman–Crippen LogP) is 1.21. The lowest BCUT2D eigenvalue weighted by molar-refractivity contribution is -0.123. The molecule has 0 radical (unpaired) electrons. The Morgan fingerprint density at radius 1 is 1.35 bits per heavy atom. The Bertz CT molecular complexity index is 454. The number of nitrogens with one attached hydrogen (secondary N) is 2. The van der Waals surface area contributed by atoms with Crippen LogP contribution in [0.1, 0.15) is 23.2 Å². The molecule has 1 aromatic rings. The summed E-state index contributed by atoms with van der Waals surface area (Å²) in [6.45, 7) is 3.69. The topological polar surface area (TPSA) is 58.2 Å². The first-order chi connectivity index (χ1) is 8.16. The summed E-state index contributed by atoms with van der Waals surface area (Å²) in [5.74, 6) is -0.413. The second-order valence-corrected chi connectivity index (χ2v) is 4.02. The molecule has 1 atom stereocenters. The molecular weight excluding hydrogens is 216 g/mol. The highest BCUT2D eigenvalue weighted by atomic mass is 16.2. The molecule has 2 N–H and O–H groups in total. The van der Waals surface area contributed by atoms with E-state index in [1.54, 1.807) is 24.3 Å². The maximum atomic E-state index is 11.8. The highest BCUT2D eigenvalue weighted by Crippen LogP contribution is 2.11. The van der Waals surface area contributed by atoms with Crippen LogP contribution in [0.5, 0.6) is 0 Å². The molecule has 1 aliphatic heterocycles. The molecule has 1 aromatic carbocycles. The lowest BCUT2D eigenvalue weighted by Gasteiger charge is -2.24. The fourth-order valence-corrected chi connectivity index (χ4v) is 1.74. The van der Waals surface area contributed by atoms with E-state index < -0.39 is 6.04 Å². The molecule has 2 rings (SSSR count). The summed E-state index contributed by atoms with van der Waals surface area (Å²) in [6.07, 6.45) is 1.30. The molecule has 1 heterocycles. The van der Waals surface area contributed by atoms with Gasteiger partial charge in [-0.1, -0.05) is 24.8 Å². The summed E-state index contributed by atoms with van der Waals surface area (Å²) in [6, 6.07) is 8.39.